The van der Waals surface area contributed by atoms with Crippen molar-refractivity contribution in [2.24, 2.45) is 4.99 Å². The summed E-state index contributed by atoms with van der Waals surface area (Å²) in [5.41, 5.74) is 2.05. The third-order valence-electron chi connectivity index (χ3n) is 4.21. The van der Waals surface area contributed by atoms with Gasteiger partial charge >= 0.3 is 0 Å². The number of carbonyl (C=O) groups excluding carboxylic acids is 1. The van der Waals surface area contributed by atoms with Crippen LogP contribution in [0.15, 0.2) is 64.3 Å². The number of guanidine groups is 1. The predicted octanol–water partition coefficient (Wildman–Crippen LogP) is 3.00. The van der Waals surface area contributed by atoms with Crippen molar-refractivity contribution >= 4 is 35.8 Å². The van der Waals surface area contributed by atoms with Crippen molar-refractivity contribution in [3.05, 3.63) is 66.5 Å². The lowest BCUT2D eigenvalue weighted by Gasteiger charge is -2.21. The Kier molecular flexibility index (Phi) is 9.39. The van der Waals surface area contributed by atoms with Gasteiger partial charge in [-0.1, -0.05) is 30.3 Å². The van der Waals surface area contributed by atoms with E-state index in [1.54, 1.807) is 12.3 Å². The summed E-state index contributed by atoms with van der Waals surface area (Å²) in [6.45, 7) is 3.60. The van der Waals surface area contributed by atoms with Crippen LogP contribution < -0.4 is 10.6 Å². The molecule has 0 radical (unpaired) electrons. The molecule has 0 fully saturated rings. The van der Waals surface area contributed by atoms with Crippen LogP contribution in [0, 0.1) is 0 Å². The van der Waals surface area contributed by atoms with Crippen LogP contribution in [0.4, 0.5) is 0 Å². The number of aromatic amines is 1. The van der Waals surface area contributed by atoms with Crippen molar-refractivity contribution in [1.29, 1.82) is 0 Å². The van der Waals surface area contributed by atoms with Crippen LogP contribution in [0.25, 0.3) is 11.3 Å². The predicted molar refractivity (Wildman–Crippen MR) is 127 cm³/mol. The number of amides is 1. The number of rotatable bonds is 8. The minimum Gasteiger partial charge on any atom is -0.467 e. The highest BCUT2D eigenvalue weighted by atomic mass is 127. The van der Waals surface area contributed by atoms with E-state index in [0.29, 0.717) is 31.4 Å². The molecule has 2 heterocycles. The van der Waals surface area contributed by atoms with Gasteiger partial charge in [0.2, 0.25) is 5.91 Å². The summed E-state index contributed by atoms with van der Waals surface area (Å²) in [6, 6.07) is 13.6. The van der Waals surface area contributed by atoms with Crippen LogP contribution in [-0.2, 0) is 17.9 Å². The fourth-order valence-corrected chi connectivity index (χ4v) is 2.78. The highest BCUT2D eigenvalue weighted by Crippen LogP contribution is 2.16. The van der Waals surface area contributed by atoms with Crippen LogP contribution in [0.2, 0.25) is 0 Å². The van der Waals surface area contributed by atoms with Gasteiger partial charge in [0.25, 0.3) is 0 Å². The molecule has 30 heavy (non-hydrogen) atoms. The van der Waals surface area contributed by atoms with E-state index in [9.17, 15) is 4.79 Å². The molecule has 3 aromatic rings. The van der Waals surface area contributed by atoms with Crippen LogP contribution >= 0.6 is 24.0 Å². The van der Waals surface area contributed by atoms with E-state index in [0.717, 1.165) is 17.1 Å². The largest absolute Gasteiger partial charge is 0.467 e. The number of aliphatic imine (C=N–C) groups is 1. The fourth-order valence-electron chi connectivity index (χ4n) is 2.78. The number of furan rings is 1. The summed E-state index contributed by atoms with van der Waals surface area (Å²) in [5.74, 6) is 1.99. The quantitative estimate of drug-likeness (QED) is 0.240. The van der Waals surface area contributed by atoms with Gasteiger partial charge in [-0.25, -0.2) is 9.98 Å². The second-order valence-corrected chi connectivity index (χ2v) is 6.49. The molecule has 160 valence electrons. The first-order valence-corrected chi connectivity index (χ1v) is 9.53. The Bertz CT molecular complexity index is 924. The zero-order valence-electron chi connectivity index (χ0n) is 17.1. The molecule has 0 aliphatic heterocycles. The molecule has 0 unspecified atom stereocenters. The maximum Gasteiger partial charge on any atom is 0.242 e. The first kappa shape index (κ1) is 23.5. The lowest BCUT2D eigenvalue weighted by atomic mass is 10.2. The number of imidazole rings is 1. The van der Waals surface area contributed by atoms with Crippen molar-refractivity contribution in [2.45, 2.75) is 20.0 Å². The summed E-state index contributed by atoms with van der Waals surface area (Å²) in [4.78, 5) is 26.2. The number of aromatic nitrogens is 2. The van der Waals surface area contributed by atoms with Gasteiger partial charge in [0.1, 0.15) is 18.1 Å². The monoisotopic (exact) mass is 522 g/mol. The van der Waals surface area contributed by atoms with Gasteiger partial charge in [0.15, 0.2) is 5.96 Å². The summed E-state index contributed by atoms with van der Waals surface area (Å²) in [7, 11) is 1.91. The SMILES string of the molecule is CCNC(=NCC(=O)NCc1ccco1)N(C)Cc1ncc(-c2ccccc2)[nH]1.I. The number of hydrogen-bond donors (Lipinski definition) is 3. The molecule has 2 aromatic heterocycles. The molecule has 1 aromatic carbocycles. The number of halogens is 1. The fraction of sp³-hybridized carbons (Fsp3) is 0.286. The lowest BCUT2D eigenvalue weighted by Crippen LogP contribution is -2.39. The molecular formula is C21H27IN6O2. The maximum absolute atomic E-state index is 12.1. The Morgan fingerprint density at radius 3 is 2.70 bits per heavy atom. The molecule has 0 atom stereocenters. The van der Waals surface area contributed by atoms with E-state index in [2.05, 4.69) is 25.6 Å². The number of benzene rings is 1. The molecule has 1 amide bonds. The van der Waals surface area contributed by atoms with Crippen molar-refractivity contribution in [3.63, 3.8) is 0 Å². The highest BCUT2D eigenvalue weighted by molar-refractivity contribution is 14.0. The minimum absolute atomic E-state index is 0. The van der Waals surface area contributed by atoms with Crippen molar-refractivity contribution in [2.75, 3.05) is 20.1 Å². The Hall–Kier alpha value is -2.82. The van der Waals surface area contributed by atoms with Gasteiger partial charge in [-0.3, -0.25) is 4.79 Å². The zero-order chi connectivity index (χ0) is 20.5. The summed E-state index contributed by atoms with van der Waals surface area (Å²) >= 11 is 0. The highest BCUT2D eigenvalue weighted by Gasteiger charge is 2.11. The Morgan fingerprint density at radius 1 is 1.20 bits per heavy atom. The average Bonchev–Trinajstić information content (AvgIpc) is 3.42. The third kappa shape index (κ3) is 6.90. The molecule has 0 saturated heterocycles. The topological polar surface area (TPSA) is 98.5 Å². The van der Waals surface area contributed by atoms with Gasteiger partial charge in [-0.2, -0.15) is 0 Å². The second kappa shape index (κ2) is 12.0. The average molecular weight is 522 g/mol. The minimum atomic E-state index is -0.172. The van der Waals surface area contributed by atoms with Crippen molar-refractivity contribution < 1.29 is 9.21 Å². The van der Waals surface area contributed by atoms with Crippen LogP contribution in [-0.4, -0.2) is 46.9 Å². The van der Waals surface area contributed by atoms with Gasteiger partial charge in [0, 0.05) is 13.6 Å². The van der Waals surface area contributed by atoms with E-state index in [1.807, 2.05) is 61.5 Å². The number of nitrogens with zero attached hydrogens (tertiary/aromatic N) is 3. The van der Waals surface area contributed by atoms with Crippen molar-refractivity contribution in [1.82, 2.24) is 25.5 Å². The lowest BCUT2D eigenvalue weighted by molar-refractivity contribution is -0.119. The van der Waals surface area contributed by atoms with E-state index < -0.39 is 0 Å². The number of nitrogens with one attached hydrogen (secondary N) is 3. The Morgan fingerprint density at radius 2 is 2.00 bits per heavy atom. The van der Waals surface area contributed by atoms with E-state index in [1.165, 1.54) is 0 Å². The Balaban J connectivity index is 0.00000320. The summed E-state index contributed by atoms with van der Waals surface area (Å²) < 4.78 is 5.21. The van der Waals surface area contributed by atoms with E-state index in [4.69, 9.17) is 4.42 Å². The van der Waals surface area contributed by atoms with Crippen LogP contribution in [0.3, 0.4) is 0 Å². The zero-order valence-corrected chi connectivity index (χ0v) is 19.4. The Labute approximate surface area is 193 Å². The smallest absolute Gasteiger partial charge is 0.242 e. The summed E-state index contributed by atoms with van der Waals surface area (Å²) in [6.07, 6.45) is 3.40. The molecular weight excluding hydrogens is 495 g/mol. The first-order chi connectivity index (χ1) is 14.2. The molecule has 0 spiro atoms. The van der Waals surface area contributed by atoms with Crippen LogP contribution in [0.1, 0.15) is 18.5 Å². The van der Waals surface area contributed by atoms with Gasteiger partial charge in [-0.05, 0) is 24.6 Å². The van der Waals surface area contributed by atoms with Gasteiger partial charge in [-0.15, -0.1) is 24.0 Å². The maximum atomic E-state index is 12.1. The molecule has 8 nitrogen and oxygen atoms in total. The first-order valence-electron chi connectivity index (χ1n) is 9.53. The van der Waals surface area contributed by atoms with E-state index >= 15 is 0 Å². The molecule has 9 heteroatoms. The number of hydrogen-bond acceptors (Lipinski definition) is 4. The normalized spacial score (nSPS) is 10.9. The summed E-state index contributed by atoms with van der Waals surface area (Å²) in [5, 5.41) is 5.99. The molecule has 0 saturated carbocycles. The standard InChI is InChI=1S/C21H26N6O2.HI/c1-3-22-21(25-14-20(28)24-12-17-10-7-11-29-17)27(2)15-19-23-13-18(26-19)16-8-5-4-6-9-16;/h4-11,13H,3,12,14-15H2,1-2H3,(H,22,25)(H,23,26)(H,24,28);1H. The molecule has 0 bridgehead atoms. The number of H-pyrrole nitrogens is 1. The van der Waals surface area contributed by atoms with Crippen molar-refractivity contribution in [3.8, 4) is 11.3 Å². The van der Waals surface area contributed by atoms with Gasteiger partial charge in [0.05, 0.1) is 31.2 Å². The molecule has 0 aliphatic rings. The van der Waals surface area contributed by atoms with E-state index in [-0.39, 0.29) is 36.4 Å². The van der Waals surface area contributed by atoms with Gasteiger partial charge < -0.3 is 24.9 Å². The second-order valence-electron chi connectivity index (χ2n) is 6.49. The molecule has 0 aliphatic carbocycles. The molecule has 3 N–H and O–H groups in total. The number of carbonyl (C=O) groups is 1. The third-order valence-corrected chi connectivity index (χ3v) is 4.21. The van der Waals surface area contributed by atoms with Crippen LogP contribution in [0.5, 0.6) is 0 Å². The molecule has 3 rings (SSSR count).